The number of amides is 5. The van der Waals surface area contributed by atoms with Crippen molar-refractivity contribution in [2.24, 2.45) is 5.92 Å². The molecule has 68 heavy (non-hydrogen) atoms. The molecule has 0 radical (unpaired) electrons. The van der Waals surface area contributed by atoms with Crippen LogP contribution in [0.25, 0.3) is 0 Å². The van der Waals surface area contributed by atoms with E-state index < -0.39 is 89.5 Å². The minimum Gasteiger partial charge on any atom is -0.480 e. The normalized spacial score (nSPS) is 19.3. The molecule has 7 rings (SSSR count). The fourth-order valence-corrected chi connectivity index (χ4v) is 7.85. The zero-order chi connectivity index (χ0) is 48.6. The summed E-state index contributed by atoms with van der Waals surface area (Å²) in [5.41, 5.74) is 2.34. The molecule has 0 saturated carbocycles. The molecule has 0 unspecified atom stereocenters. The number of fused-ring (bicyclic) bond motifs is 18. The lowest BCUT2D eigenvalue weighted by atomic mass is 9.89. The number of carboxylic acids is 1. The molecule has 5 aromatic carbocycles. The number of benzene rings is 5. The van der Waals surface area contributed by atoms with E-state index in [1.807, 2.05) is 18.2 Å². The van der Waals surface area contributed by atoms with Gasteiger partial charge >= 0.3 is 12.1 Å². The molecule has 354 valence electrons. The predicted molar refractivity (Wildman–Crippen MR) is 247 cm³/mol. The third-order valence-electron chi connectivity index (χ3n) is 11.6. The first-order valence-corrected chi connectivity index (χ1v) is 22.2. The molecule has 5 amide bonds. The average molecular weight is 932 g/mol. The molecule has 2 heterocycles. The molecule has 5 atom stereocenters. The van der Waals surface area contributed by atoms with Crippen molar-refractivity contribution in [3.8, 4) is 0 Å². The van der Waals surface area contributed by atoms with Crippen LogP contribution in [-0.2, 0) is 71.8 Å². The maximum absolute atomic E-state index is 14.7. The van der Waals surface area contributed by atoms with Crippen LogP contribution in [0.2, 0.25) is 0 Å². The fourth-order valence-electron chi connectivity index (χ4n) is 7.85. The quantitative estimate of drug-likeness (QED) is 0.0826. The van der Waals surface area contributed by atoms with Crippen LogP contribution >= 0.6 is 0 Å². The van der Waals surface area contributed by atoms with E-state index in [1.165, 1.54) is 12.1 Å². The highest BCUT2D eigenvalue weighted by Gasteiger charge is 2.35. The molecule has 0 fully saturated rings. The van der Waals surface area contributed by atoms with Gasteiger partial charge in [-0.3, -0.25) is 28.8 Å². The van der Waals surface area contributed by atoms with Gasteiger partial charge in [-0.05, 0) is 77.8 Å². The summed E-state index contributed by atoms with van der Waals surface area (Å²) in [5.74, 6) is -6.65. The number of hydrogen-bond acceptors (Lipinski definition) is 7. The molecule has 13 nitrogen and oxygen atoms in total. The third-order valence-corrected chi connectivity index (χ3v) is 11.6. The summed E-state index contributed by atoms with van der Waals surface area (Å²) in [7, 11) is 0. The van der Waals surface area contributed by atoms with Crippen LogP contribution in [-0.4, -0.2) is 70.6 Å². The van der Waals surface area contributed by atoms with Crippen LogP contribution < -0.4 is 26.6 Å². The van der Waals surface area contributed by atoms with Gasteiger partial charge in [0.15, 0.2) is 5.78 Å². The SMILES string of the molecule is O=C1CCC(=O)N[C@H](CCc2ccccc2)C(=O)N[C@@H](Cc2ccc(C(F)(F)F)cc2)C(=O)N[C@H](Cc2ccccc2)C(=O)C[C@@H](C(=O)N[C@H](Cc2ccccc2)C(=O)O)Cc2ccc(cc2)N1. The Hall–Kier alpha value is -7.62. The Labute approximate surface area is 391 Å². The number of aliphatic carboxylic acids is 1. The zero-order valence-electron chi connectivity index (χ0n) is 37.0. The Morgan fingerprint density at radius 2 is 1.13 bits per heavy atom. The number of ketones is 1. The maximum Gasteiger partial charge on any atom is 0.416 e. The Kier molecular flexibility index (Phi) is 17.4. The number of anilines is 1. The van der Waals surface area contributed by atoms with Gasteiger partial charge < -0.3 is 31.7 Å². The molecular formula is C52H52F3N5O8. The average Bonchev–Trinajstić information content (AvgIpc) is 3.32. The summed E-state index contributed by atoms with van der Waals surface area (Å²) in [6.45, 7) is 0. The van der Waals surface area contributed by atoms with Gasteiger partial charge in [0.25, 0.3) is 0 Å². The van der Waals surface area contributed by atoms with Crippen molar-refractivity contribution in [3.63, 3.8) is 0 Å². The lowest BCUT2D eigenvalue weighted by Crippen LogP contribution is -2.57. The Morgan fingerprint density at radius 1 is 0.603 bits per heavy atom. The van der Waals surface area contributed by atoms with Crippen molar-refractivity contribution in [3.05, 3.63) is 173 Å². The van der Waals surface area contributed by atoms with Crippen LogP contribution in [0.15, 0.2) is 140 Å². The van der Waals surface area contributed by atoms with E-state index in [2.05, 4.69) is 26.6 Å². The largest absolute Gasteiger partial charge is 0.480 e. The standard InChI is InChI=1S/C52H52F3N5O8/c53-52(54,55)39-21-16-37(17-22-39)30-43-50(66)58-42(29-34-12-6-2-7-13-34)45(61)32-38(48(64)60-44(51(67)68)31-35-14-8-3-9-15-35)28-36-18-23-40(24-19-36)56-46(62)26-27-47(63)57-41(49(65)59-43)25-20-33-10-4-1-5-11-33/h1-19,21-24,38,41-44H,20,25-32H2,(H,56,62)(H,57,63)(H,58,66)(H,59,65)(H,60,64)(H,67,68)/t38-,41+,42+,43-,44+/m0/s1. The lowest BCUT2D eigenvalue weighted by Gasteiger charge is -2.27. The van der Waals surface area contributed by atoms with Crippen molar-refractivity contribution >= 4 is 47.0 Å². The van der Waals surface area contributed by atoms with Gasteiger partial charge in [0.05, 0.1) is 11.6 Å². The second-order valence-corrected chi connectivity index (χ2v) is 16.8. The molecule has 6 N–H and O–H groups in total. The van der Waals surface area contributed by atoms with E-state index in [1.54, 1.807) is 97.1 Å². The number of halogens is 3. The summed E-state index contributed by atoms with van der Waals surface area (Å²) >= 11 is 0. The van der Waals surface area contributed by atoms with Crippen molar-refractivity contribution in [1.82, 2.24) is 21.3 Å². The van der Waals surface area contributed by atoms with Crippen LogP contribution in [0, 0.1) is 5.92 Å². The van der Waals surface area contributed by atoms with E-state index >= 15 is 0 Å². The Morgan fingerprint density at radius 3 is 1.74 bits per heavy atom. The topological polar surface area (TPSA) is 200 Å². The van der Waals surface area contributed by atoms with Gasteiger partial charge in [-0.2, -0.15) is 13.2 Å². The van der Waals surface area contributed by atoms with Crippen LogP contribution in [0.3, 0.4) is 0 Å². The number of alkyl halides is 3. The predicted octanol–water partition coefficient (Wildman–Crippen LogP) is 5.94. The van der Waals surface area contributed by atoms with Crippen LogP contribution in [0.5, 0.6) is 0 Å². The summed E-state index contributed by atoms with van der Waals surface area (Å²) in [6.07, 6.45) is -5.85. The van der Waals surface area contributed by atoms with Gasteiger partial charge in [-0.15, -0.1) is 0 Å². The second-order valence-electron chi connectivity index (χ2n) is 16.8. The minimum atomic E-state index is -4.65. The number of hydrogen-bond donors (Lipinski definition) is 6. The highest BCUT2D eigenvalue weighted by atomic mass is 19.4. The molecule has 0 spiro atoms. The second kappa shape index (κ2) is 23.7. The number of Topliss-reactive ketones (excluding diaryl/α,β-unsaturated/α-hetero) is 1. The Balaban J connectivity index is 1.37. The number of rotatable bonds is 12. The molecular weight excluding hydrogens is 880 g/mol. The van der Waals surface area contributed by atoms with E-state index in [0.29, 0.717) is 28.8 Å². The molecule has 0 aliphatic carbocycles. The molecule has 0 aromatic heterocycles. The number of nitrogens with one attached hydrogen (secondary N) is 5. The van der Waals surface area contributed by atoms with Crippen LogP contribution in [0.4, 0.5) is 18.9 Å². The monoisotopic (exact) mass is 931 g/mol. The molecule has 2 bridgehead atoms. The van der Waals surface area contributed by atoms with Crippen LogP contribution in [0.1, 0.15) is 59.1 Å². The molecule has 5 aromatic rings. The third kappa shape index (κ3) is 15.2. The number of aryl methyl sites for hydroxylation is 1. The summed E-state index contributed by atoms with van der Waals surface area (Å²) < 4.78 is 40.7. The highest BCUT2D eigenvalue weighted by Crippen LogP contribution is 2.29. The summed E-state index contributed by atoms with van der Waals surface area (Å²) in [6, 6.07) is 31.5. The van der Waals surface area contributed by atoms with E-state index in [0.717, 1.165) is 17.7 Å². The van der Waals surface area contributed by atoms with Gasteiger partial charge in [-0.1, -0.05) is 115 Å². The molecule has 16 heteroatoms. The van der Waals surface area contributed by atoms with Crippen molar-refractivity contribution in [1.29, 1.82) is 0 Å². The van der Waals surface area contributed by atoms with Gasteiger partial charge in [-0.25, -0.2) is 4.79 Å². The number of carboxylic acid groups (broad SMARTS) is 1. The first-order chi connectivity index (χ1) is 32.6. The minimum absolute atomic E-state index is 0.0517. The first kappa shape index (κ1) is 49.8. The molecule has 0 saturated heterocycles. The van der Waals surface area contributed by atoms with E-state index in [4.69, 9.17) is 0 Å². The first-order valence-electron chi connectivity index (χ1n) is 22.2. The maximum atomic E-state index is 14.7. The van der Waals surface area contributed by atoms with Gasteiger partial charge in [0.1, 0.15) is 18.1 Å². The molecule has 2 aliphatic heterocycles. The van der Waals surface area contributed by atoms with Crippen molar-refractivity contribution in [2.45, 2.75) is 88.1 Å². The highest BCUT2D eigenvalue weighted by molar-refractivity contribution is 5.97. The number of carbonyl (C=O) groups excluding carboxylic acids is 6. The zero-order valence-corrected chi connectivity index (χ0v) is 37.0. The van der Waals surface area contributed by atoms with Gasteiger partial charge in [0.2, 0.25) is 29.5 Å². The van der Waals surface area contributed by atoms with Crippen molar-refractivity contribution < 1.29 is 51.8 Å². The Bertz CT molecular complexity index is 2530. The summed E-state index contributed by atoms with van der Waals surface area (Å²) in [5, 5.41) is 23.6. The van der Waals surface area contributed by atoms with E-state index in [9.17, 15) is 51.8 Å². The number of carbonyl (C=O) groups is 7. The molecule has 2 aliphatic rings. The summed E-state index contributed by atoms with van der Waals surface area (Å²) in [4.78, 5) is 96.6. The smallest absolute Gasteiger partial charge is 0.416 e. The van der Waals surface area contributed by atoms with E-state index in [-0.39, 0.29) is 50.5 Å². The lowest BCUT2D eigenvalue weighted by molar-refractivity contribution is -0.142. The fraction of sp³-hybridized carbons (Fsp3) is 0.288. The van der Waals surface area contributed by atoms with Crippen molar-refractivity contribution in [2.75, 3.05) is 5.32 Å². The van der Waals surface area contributed by atoms with Gasteiger partial charge in [0, 0.05) is 43.7 Å².